The van der Waals surface area contributed by atoms with Crippen molar-refractivity contribution in [3.63, 3.8) is 0 Å². The summed E-state index contributed by atoms with van der Waals surface area (Å²) in [6, 6.07) is 8.65. The maximum Gasteiger partial charge on any atom is 0.416 e. The number of aryl methyl sites for hydroxylation is 1. The number of amides is 1. The number of aromatic nitrogens is 2. The number of nitrogens with zero attached hydrogens (tertiary/aromatic N) is 4. The van der Waals surface area contributed by atoms with Crippen LogP contribution in [-0.4, -0.2) is 65.1 Å². The highest BCUT2D eigenvalue weighted by molar-refractivity contribution is 6.04. The van der Waals surface area contributed by atoms with Crippen molar-refractivity contribution in [3.05, 3.63) is 75.5 Å². The van der Waals surface area contributed by atoms with Crippen LogP contribution in [0.4, 0.5) is 30.6 Å². The van der Waals surface area contributed by atoms with Crippen molar-refractivity contribution in [1.82, 2.24) is 19.8 Å². The molecule has 1 amide bonds. The largest absolute Gasteiger partial charge is 0.416 e. The number of nitrogens with two attached hydrogens (primary N) is 2. The predicted molar refractivity (Wildman–Crippen MR) is 148 cm³/mol. The van der Waals surface area contributed by atoms with Crippen molar-refractivity contribution in [1.29, 1.82) is 5.41 Å². The molecule has 2 aromatic carbocycles. The van der Waals surface area contributed by atoms with Gasteiger partial charge in [0.15, 0.2) is 0 Å². The molecule has 0 aliphatic carbocycles. The maximum atomic E-state index is 13.9. The highest BCUT2D eigenvalue weighted by Gasteiger charge is 2.34. The SMILES string of the molecule is Cc1ccc(C(=O)Nc2ccc(CN3CCN(C)CC3)c(C(F)(F)F)c2)cc1C#Cc1nc(N)nc(N)c1C=N. The number of nitrogens with one attached hydrogen (secondary N) is 2. The van der Waals surface area contributed by atoms with Crippen LogP contribution in [0.2, 0.25) is 0 Å². The fourth-order valence-corrected chi connectivity index (χ4v) is 4.27. The van der Waals surface area contributed by atoms with Crippen LogP contribution in [0.15, 0.2) is 36.4 Å². The lowest BCUT2D eigenvalue weighted by Crippen LogP contribution is -2.44. The first-order valence-electron chi connectivity index (χ1n) is 12.4. The van der Waals surface area contributed by atoms with E-state index in [1.54, 1.807) is 19.1 Å². The zero-order valence-corrected chi connectivity index (χ0v) is 22.1. The van der Waals surface area contributed by atoms with E-state index in [0.29, 0.717) is 18.7 Å². The maximum absolute atomic E-state index is 13.9. The normalized spacial score (nSPS) is 14.3. The zero-order valence-electron chi connectivity index (χ0n) is 22.1. The molecule has 1 fully saturated rings. The molecule has 0 radical (unpaired) electrons. The van der Waals surface area contributed by atoms with Gasteiger partial charge in [-0.3, -0.25) is 9.69 Å². The molecule has 4 rings (SSSR count). The second-order valence-electron chi connectivity index (χ2n) is 9.56. The number of alkyl halides is 3. The summed E-state index contributed by atoms with van der Waals surface area (Å²) in [5.41, 5.74) is 12.7. The third-order valence-corrected chi connectivity index (χ3v) is 6.62. The number of carbonyl (C=O) groups is 1. The van der Waals surface area contributed by atoms with E-state index < -0.39 is 17.6 Å². The Hall–Kier alpha value is -4.47. The van der Waals surface area contributed by atoms with Crippen LogP contribution in [-0.2, 0) is 12.7 Å². The van der Waals surface area contributed by atoms with E-state index in [9.17, 15) is 18.0 Å². The van der Waals surface area contributed by atoms with Crippen molar-refractivity contribution in [2.75, 3.05) is 50.0 Å². The summed E-state index contributed by atoms with van der Waals surface area (Å²) in [6.45, 7) is 4.94. The number of piperazine rings is 1. The van der Waals surface area contributed by atoms with Gasteiger partial charge in [-0.25, -0.2) is 4.98 Å². The molecule has 1 aliphatic heterocycles. The van der Waals surface area contributed by atoms with Gasteiger partial charge in [0.1, 0.15) is 11.5 Å². The monoisotopic (exact) mass is 550 g/mol. The minimum absolute atomic E-state index is 0.0180. The number of hydrogen-bond donors (Lipinski definition) is 4. The van der Waals surface area contributed by atoms with Crippen molar-refractivity contribution >= 4 is 29.6 Å². The van der Waals surface area contributed by atoms with E-state index in [1.165, 1.54) is 18.2 Å². The molecule has 2 heterocycles. The standard InChI is InChI=1S/C28H29F3N8O/c1-17-3-4-19(13-18(17)6-8-24-22(15-32)25(33)37-27(34)36-24)26(40)35-21-7-5-20(23(14-21)28(29,30)31)16-39-11-9-38(2)10-12-39/h3-5,7,13-15,32H,9-12,16H2,1-2H3,(H,35,40)(H4,33,34,36,37). The molecule has 1 aliphatic rings. The predicted octanol–water partition coefficient (Wildman–Crippen LogP) is 3.37. The minimum atomic E-state index is -4.57. The number of nitrogen functional groups attached to an aromatic ring is 2. The molecule has 0 spiro atoms. The van der Waals surface area contributed by atoms with Crippen LogP contribution >= 0.6 is 0 Å². The highest BCUT2D eigenvalue weighted by Crippen LogP contribution is 2.34. The molecule has 12 heteroatoms. The Labute approximate surface area is 229 Å². The van der Waals surface area contributed by atoms with Gasteiger partial charge in [-0.1, -0.05) is 18.1 Å². The number of likely N-dealkylation sites (N-methyl/N-ethyl adjacent to an activating group) is 1. The van der Waals surface area contributed by atoms with Gasteiger partial charge in [0.05, 0.1) is 11.1 Å². The Balaban J connectivity index is 1.56. The van der Waals surface area contributed by atoms with E-state index in [-0.39, 0.29) is 46.4 Å². The van der Waals surface area contributed by atoms with Gasteiger partial charge in [-0.15, -0.1) is 0 Å². The summed E-state index contributed by atoms with van der Waals surface area (Å²) in [7, 11) is 1.98. The Bertz CT molecular complexity index is 1500. The molecule has 9 nitrogen and oxygen atoms in total. The van der Waals surface area contributed by atoms with Crippen LogP contribution in [0.5, 0.6) is 0 Å². The van der Waals surface area contributed by atoms with Crippen LogP contribution in [0.3, 0.4) is 0 Å². The molecule has 1 saturated heterocycles. The minimum Gasteiger partial charge on any atom is -0.383 e. The lowest BCUT2D eigenvalue weighted by Gasteiger charge is -2.33. The summed E-state index contributed by atoms with van der Waals surface area (Å²) < 4.78 is 41.8. The molecule has 208 valence electrons. The fraction of sp³-hybridized carbons (Fsp3) is 0.286. The first kappa shape index (κ1) is 28.5. The third-order valence-electron chi connectivity index (χ3n) is 6.62. The number of hydrogen-bond acceptors (Lipinski definition) is 8. The summed E-state index contributed by atoms with van der Waals surface area (Å²) in [5, 5.41) is 10.1. The fourth-order valence-electron chi connectivity index (χ4n) is 4.27. The average molecular weight is 551 g/mol. The number of rotatable bonds is 5. The summed E-state index contributed by atoms with van der Waals surface area (Å²) in [4.78, 5) is 25.0. The van der Waals surface area contributed by atoms with E-state index in [1.807, 2.05) is 11.9 Å². The highest BCUT2D eigenvalue weighted by atomic mass is 19.4. The van der Waals surface area contributed by atoms with Gasteiger partial charge in [0, 0.05) is 55.8 Å². The van der Waals surface area contributed by atoms with Crippen LogP contribution in [0.1, 0.15) is 43.9 Å². The van der Waals surface area contributed by atoms with Crippen molar-refractivity contribution in [2.24, 2.45) is 0 Å². The van der Waals surface area contributed by atoms with E-state index in [2.05, 4.69) is 32.0 Å². The van der Waals surface area contributed by atoms with Crippen molar-refractivity contribution in [2.45, 2.75) is 19.6 Å². The van der Waals surface area contributed by atoms with Gasteiger partial charge in [-0.2, -0.15) is 18.2 Å². The molecular weight excluding hydrogens is 521 g/mol. The molecule has 3 aromatic rings. The number of carbonyl (C=O) groups excluding carboxylic acids is 1. The topological polar surface area (TPSA) is 137 Å². The van der Waals surface area contributed by atoms with Gasteiger partial charge in [-0.05, 0) is 55.3 Å². The summed E-state index contributed by atoms with van der Waals surface area (Å²) in [5.74, 6) is 5.05. The number of anilines is 3. The third kappa shape index (κ3) is 6.74. The molecule has 1 aromatic heterocycles. The van der Waals surface area contributed by atoms with Crippen LogP contribution < -0.4 is 16.8 Å². The molecule has 40 heavy (non-hydrogen) atoms. The van der Waals surface area contributed by atoms with Gasteiger partial charge >= 0.3 is 6.18 Å². The molecular formula is C28H29F3N8O. The quantitative estimate of drug-likeness (QED) is 0.282. The van der Waals surface area contributed by atoms with Crippen LogP contribution in [0.25, 0.3) is 0 Å². The zero-order chi connectivity index (χ0) is 29.0. The average Bonchev–Trinajstić information content (AvgIpc) is 2.89. The number of halogens is 3. The molecule has 0 bridgehead atoms. The molecule has 6 N–H and O–H groups in total. The number of benzene rings is 2. The van der Waals surface area contributed by atoms with Gasteiger partial charge in [0.25, 0.3) is 5.91 Å². The van der Waals surface area contributed by atoms with E-state index in [0.717, 1.165) is 30.9 Å². The molecule has 0 atom stereocenters. The lowest BCUT2D eigenvalue weighted by atomic mass is 10.0. The van der Waals surface area contributed by atoms with Gasteiger partial charge < -0.3 is 27.1 Å². The molecule has 0 saturated carbocycles. The molecule has 0 unspecified atom stereocenters. The first-order valence-corrected chi connectivity index (χ1v) is 12.4. The summed E-state index contributed by atoms with van der Waals surface area (Å²) in [6.07, 6.45) is -3.60. The van der Waals surface area contributed by atoms with Crippen molar-refractivity contribution in [3.8, 4) is 11.8 Å². The van der Waals surface area contributed by atoms with Crippen LogP contribution in [0, 0.1) is 24.2 Å². The second-order valence-corrected chi connectivity index (χ2v) is 9.56. The summed E-state index contributed by atoms with van der Waals surface area (Å²) >= 11 is 0. The van der Waals surface area contributed by atoms with Crippen molar-refractivity contribution < 1.29 is 18.0 Å². The lowest BCUT2D eigenvalue weighted by molar-refractivity contribution is -0.138. The Kier molecular flexibility index (Phi) is 8.37. The Morgan fingerprint density at radius 1 is 1.10 bits per heavy atom. The Morgan fingerprint density at radius 2 is 1.82 bits per heavy atom. The van der Waals surface area contributed by atoms with E-state index >= 15 is 0 Å². The first-order chi connectivity index (χ1) is 18.9. The smallest absolute Gasteiger partial charge is 0.383 e. The second kappa shape index (κ2) is 11.7. The Morgan fingerprint density at radius 3 is 2.50 bits per heavy atom. The van der Waals surface area contributed by atoms with E-state index in [4.69, 9.17) is 16.9 Å². The van der Waals surface area contributed by atoms with Gasteiger partial charge in [0.2, 0.25) is 5.95 Å².